The molecule has 0 spiro atoms. The fourth-order valence-corrected chi connectivity index (χ4v) is 5.34. The van der Waals surface area contributed by atoms with Crippen molar-refractivity contribution in [2.75, 3.05) is 38.8 Å². The Morgan fingerprint density at radius 1 is 0.955 bits per heavy atom. The minimum atomic E-state index is -0.970. The minimum Gasteiger partial charge on any atom is -0.491 e. The van der Waals surface area contributed by atoms with Crippen molar-refractivity contribution in [2.24, 2.45) is 11.7 Å². The lowest BCUT2D eigenvalue weighted by Gasteiger charge is -2.36. The van der Waals surface area contributed by atoms with Crippen LogP contribution in [-0.2, 0) is 23.8 Å². The number of nitriles is 1. The highest BCUT2D eigenvalue weighted by molar-refractivity contribution is 6.06. The van der Waals surface area contributed by atoms with Crippen molar-refractivity contribution in [3.8, 4) is 11.8 Å². The highest BCUT2D eigenvalue weighted by atomic mass is 16.6. The van der Waals surface area contributed by atoms with Gasteiger partial charge >= 0.3 is 18.0 Å². The molecule has 11 heteroatoms. The summed E-state index contributed by atoms with van der Waals surface area (Å²) in [4.78, 5) is 42.3. The van der Waals surface area contributed by atoms with Gasteiger partial charge in [-0.3, -0.25) is 4.90 Å². The van der Waals surface area contributed by atoms with E-state index in [4.69, 9.17) is 24.7 Å². The average Bonchev–Trinajstić information content (AvgIpc) is 3.02. The topological polar surface area (TPSA) is 144 Å². The molecule has 2 aliphatic heterocycles. The second-order valence-corrected chi connectivity index (χ2v) is 11.5. The number of carbonyl (C=O) groups excluding carboxylic acids is 3. The molecule has 1 atom stereocenters. The third-order valence-electron chi connectivity index (χ3n) is 7.46. The summed E-state index contributed by atoms with van der Waals surface area (Å²) in [5.74, 6) is -2.13. The van der Waals surface area contributed by atoms with E-state index in [2.05, 4.69) is 6.07 Å². The van der Waals surface area contributed by atoms with Gasteiger partial charge in [0.1, 0.15) is 22.9 Å². The van der Waals surface area contributed by atoms with Gasteiger partial charge in [-0.05, 0) is 57.2 Å². The van der Waals surface area contributed by atoms with Gasteiger partial charge in [0.25, 0.3) is 0 Å². The van der Waals surface area contributed by atoms with Gasteiger partial charge in [-0.2, -0.15) is 5.26 Å². The zero-order valence-corrected chi connectivity index (χ0v) is 25.7. The molecular formula is C33H38N4O7. The lowest BCUT2D eigenvalue weighted by Crippen LogP contribution is -2.42. The van der Waals surface area contributed by atoms with Gasteiger partial charge in [0, 0.05) is 13.1 Å². The number of carbonyl (C=O) groups is 3. The number of para-hydroxylation sites is 2. The summed E-state index contributed by atoms with van der Waals surface area (Å²) >= 11 is 0. The van der Waals surface area contributed by atoms with E-state index in [1.165, 1.54) is 19.1 Å². The van der Waals surface area contributed by atoms with Crippen LogP contribution in [0.1, 0.15) is 45.1 Å². The van der Waals surface area contributed by atoms with Crippen molar-refractivity contribution in [3.05, 3.63) is 82.8 Å². The van der Waals surface area contributed by atoms with Crippen LogP contribution in [0.2, 0.25) is 0 Å². The highest BCUT2D eigenvalue weighted by Gasteiger charge is 2.43. The molecule has 0 aliphatic carbocycles. The Labute approximate surface area is 257 Å². The monoisotopic (exact) mass is 602 g/mol. The third-order valence-corrected chi connectivity index (χ3v) is 7.46. The minimum absolute atomic E-state index is 0.0453. The number of hydrogen-bond donors (Lipinski definition) is 1. The van der Waals surface area contributed by atoms with Gasteiger partial charge < -0.3 is 29.6 Å². The first-order valence-corrected chi connectivity index (χ1v) is 14.4. The number of piperidine rings is 1. The van der Waals surface area contributed by atoms with Crippen LogP contribution in [0.15, 0.2) is 77.3 Å². The molecular weight excluding hydrogens is 564 g/mol. The van der Waals surface area contributed by atoms with Gasteiger partial charge in [0.05, 0.1) is 49.6 Å². The van der Waals surface area contributed by atoms with E-state index in [0.717, 1.165) is 0 Å². The number of nitrogens with two attached hydrogens (primary N) is 1. The number of anilines is 1. The molecule has 1 unspecified atom stereocenters. The van der Waals surface area contributed by atoms with E-state index in [-0.39, 0.29) is 34.7 Å². The second-order valence-electron chi connectivity index (χ2n) is 11.5. The van der Waals surface area contributed by atoms with E-state index >= 15 is 0 Å². The fraction of sp³-hybridized carbons (Fsp3) is 0.394. The maximum Gasteiger partial charge on any atom is 0.410 e. The summed E-state index contributed by atoms with van der Waals surface area (Å²) in [6.07, 6.45) is 1.09. The highest BCUT2D eigenvalue weighted by Crippen LogP contribution is 2.45. The third kappa shape index (κ3) is 6.80. The van der Waals surface area contributed by atoms with Gasteiger partial charge in [-0.25, -0.2) is 14.4 Å². The molecule has 0 saturated carbocycles. The van der Waals surface area contributed by atoms with E-state index < -0.39 is 23.5 Å². The number of methoxy groups -OCH3 is 2. The molecule has 2 aliphatic rings. The largest absolute Gasteiger partial charge is 0.491 e. The number of rotatable bonds is 7. The Morgan fingerprint density at radius 3 is 2.16 bits per heavy atom. The van der Waals surface area contributed by atoms with Crippen LogP contribution in [0, 0.1) is 17.2 Å². The van der Waals surface area contributed by atoms with Crippen LogP contribution in [0.25, 0.3) is 0 Å². The quantitative estimate of drug-likeness (QED) is 0.352. The van der Waals surface area contributed by atoms with E-state index in [1.807, 2.05) is 20.8 Å². The van der Waals surface area contributed by atoms with Crippen LogP contribution in [0.5, 0.6) is 5.75 Å². The van der Waals surface area contributed by atoms with Crippen molar-refractivity contribution in [2.45, 2.75) is 45.1 Å². The standard InChI is InChI=1S/C33H38N4O7/c1-33(2,3)44-32(40)36-17-15-21(16-18-36)20-43-25-14-10-9-13-24(25)37-28(31(39)42-5)27(30(38)41-4)26(23(19-34)29(37)35)22-11-7-6-8-12-22/h6-14,21,26H,15-18,20,35H2,1-5H3. The Kier molecular flexibility index (Phi) is 9.83. The molecule has 1 amide bonds. The first-order valence-electron chi connectivity index (χ1n) is 14.4. The number of ether oxygens (including phenoxy) is 4. The van der Waals surface area contributed by atoms with Gasteiger partial charge in [-0.1, -0.05) is 42.5 Å². The number of hydrogen-bond acceptors (Lipinski definition) is 10. The maximum absolute atomic E-state index is 13.4. The fourth-order valence-electron chi connectivity index (χ4n) is 5.34. The Morgan fingerprint density at radius 2 is 1.57 bits per heavy atom. The molecule has 2 aromatic rings. The maximum atomic E-state index is 13.4. The molecule has 0 radical (unpaired) electrons. The lowest BCUT2D eigenvalue weighted by atomic mass is 9.81. The number of amides is 1. The van der Waals surface area contributed by atoms with Crippen LogP contribution >= 0.6 is 0 Å². The zero-order chi connectivity index (χ0) is 32.0. The average molecular weight is 603 g/mol. The number of esters is 2. The van der Waals surface area contributed by atoms with Gasteiger partial charge in [0.2, 0.25) is 0 Å². The first kappa shape index (κ1) is 31.9. The number of nitrogens with zero attached hydrogens (tertiary/aromatic N) is 3. The molecule has 232 valence electrons. The smallest absolute Gasteiger partial charge is 0.410 e. The predicted octanol–water partition coefficient (Wildman–Crippen LogP) is 4.61. The normalized spacial score (nSPS) is 17.6. The van der Waals surface area contributed by atoms with Crippen molar-refractivity contribution in [3.63, 3.8) is 0 Å². The summed E-state index contributed by atoms with van der Waals surface area (Å²) in [6.45, 7) is 6.92. The Hall–Kier alpha value is -4.98. The van der Waals surface area contributed by atoms with E-state index in [0.29, 0.717) is 49.5 Å². The molecule has 0 aromatic heterocycles. The molecule has 2 heterocycles. The number of likely N-dealkylation sites (tertiary alicyclic amines) is 1. The van der Waals surface area contributed by atoms with Crippen LogP contribution < -0.4 is 15.4 Å². The number of allylic oxidation sites excluding steroid dienone is 1. The summed E-state index contributed by atoms with van der Waals surface area (Å²) in [5.41, 5.74) is 6.82. The zero-order valence-electron chi connectivity index (χ0n) is 25.7. The molecule has 2 aromatic carbocycles. The van der Waals surface area contributed by atoms with Crippen LogP contribution in [-0.4, -0.2) is 62.4 Å². The lowest BCUT2D eigenvalue weighted by molar-refractivity contribution is -0.139. The van der Waals surface area contributed by atoms with Crippen molar-refractivity contribution >= 4 is 23.7 Å². The number of benzene rings is 2. The molecule has 44 heavy (non-hydrogen) atoms. The van der Waals surface area contributed by atoms with Crippen molar-refractivity contribution < 1.29 is 33.3 Å². The molecule has 4 rings (SSSR count). The molecule has 11 nitrogen and oxygen atoms in total. The van der Waals surface area contributed by atoms with Crippen LogP contribution in [0.4, 0.5) is 10.5 Å². The molecule has 0 bridgehead atoms. The summed E-state index contributed by atoms with van der Waals surface area (Å²) in [5, 5.41) is 10.3. The first-order chi connectivity index (χ1) is 21.0. The summed E-state index contributed by atoms with van der Waals surface area (Å²) < 4.78 is 22.0. The SMILES string of the molecule is COC(=O)C1=C(C(=O)OC)N(c2ccccc2OCC2CCN(C(=O)OC(C)(C)C)CC2)C(N)=C(C#N)C1c1ccccc1. The predicted molar refractivity (Wildman–Crippen MR) is 162 cm³/mol. The van der Waals surface area contributed by atoms with Crippen molar-refractivity contribution in [1.82, 2.24) is 4.90 Å². The van der Waals surface area contributed by atoms with Crippen LogP contribution in [0.3, 0.4) is 0 Å². The molecule has 2 N–H and O–H groups in total. The summed E-state index contributed by atoms with van der Waals surface area (Å²) in [6, 6.07) is 17.9. The van der Waals surface area contributed by atoms with Gasteiger partial charge in [0.15, 0.2) is 0 Å². The van der Waals surface area contributed by atoms with Crippen molar-refractivity contribution in [1.29, 1.82) is 5.26 Å². The molecule has 1 saturated heterocycles. The Bertz CT molecular complexity index is 1500. The molecule has 1 fully saturated rings. The van der Waals surface area contributed by atoms with E-state index in [9.17, 15) is 19.6 Å². The Balaban J connectivity index is 1.68. The second kappa shape index (κ2) is 13.5. The van der Waals surface area contributed by atoms with Gasteiger partial charge in [-0.15, -0.1) is 0 Å². The summed E-state index contributed by atoms with van der Waals surface area (Å²) in [7, 11) is 2.40. The van der Waals surface area contributed by atoms with E-state index in [1.54, 1.807) is 59.5 Å².